The molecule has 5 nitrogen and oxygen atoms in total. The first-order valence-electron chi connectivity index (χ1n) is 8.21. The Morgan fingerprint density at radius 2 is 1.75 bits per heavy atom. The van der Waals surface area contributed by atoms with Gasteiger partial charge in [0.05, 0.1) is 11.1 Å². The third-order valence-corrected chi connectivity index (χ3v) is 4.21. The Balaban J connectivity index is 1.65. The molecule has 1 aromatic heterocycles. The molecule has 1 N–H and O–H groups in total. The molecule has 0 unspecified atom stereocenters. The van der Waals surface area contributed by atoms with Crippen LogP contribution in [0.1, 0.15) is 44.7 Å². The first-order valence-corrected chi connectivity index (χ1v) is 8.21. The molecule has 2 heterocycles. The molecule has 0 radical (unpaired) electrons. The fraction of sp³-hybridized carbons (Fsp3) is 0.316. The van der Waals surface area contributed by atoms with Crippen molar-refractivity contribution >= 4 is 11.8 Å². The molecular weight excluding hydrogens is 302 g/mol. The smallest absolute Gasteiger partial charge is 0.255 e. The van der Waals surface area contributed by atoms with Gasteiger partial charge in [0.15, 0.2) is 0 Å². The minimum Gasteiger partial charge on any atom is -0.348 e. The number of aromatic nitrogens is 1. The molecule has 0 bridgehead atoms. The van der Waals surface area contributed by atoms with Gasteiger partial charge in [0.25, 0.3) is 11.8 Å². The van der Waals surface area contributed by atoms with Crippen molar-refractivity contribution in [3.63, 3.8) is 0 Å². The standard InChI is InChI=1S/C19H21N3O2/c1-14-4-6-15(7-5-14)11-21-18(23)16-10-17(13-20-12-16)19(24)22-8-2-3-9-22/h4-7,10,12-13H,2-3,8-9,11H2,1H3,(H,21,23). The number of likely N-dealkylation sites (tertiary alicyclic amines) is 1. The van der Waals surface area contributed by atoms with E-state index in [0.29, 0.717) is 17.7 Å². The lowest BCUT2D eigenvalue weighted by Crippen LogP contribution is -2.28. The molecule has 0 spiro atoms. The average molecular weight is 323 g/mol. The fourth-order valence-corrected chi connectivity index (χ4v) is 2.77. The molecule has 2 aromatic rings. The van der Waals surface area contributed by atoms with Crippen LogP contribution in [0.25, 0.3) is 0 Å². The summed E-state index contributed by atoms with van der Waals surface area (Å²) in [5.74, 6) is -0.271. The van der Waals surface area contributed by atoms with Gasteiger partial charge in [-0.25, -0.2) is 0 Å². The van der Waals surface area contributed by atoms with Crippen LogP contribution in [-0.2, 0) is 6.54 Å². The van der Waals surface area contributed by atoms with Gasteiger partial charge in [-0.3, -0.25) is 14.6 Å². The normalized spacial score (nSPS) is 13.8. The molecule has 1 aromatic carbocycles. The van der Waals surface area contributed by atoms with E-state index >= 15 is 0 Å². The van der Waals surface area contributed by atoms with Gasteiger partial charge < -0.3 is 10.2 Å². The van der Waals surface area contributed by atoms with Crippen LogP contribution in [0.3, 0.4) is 0 Å². The average Bonchev–Trinajstić information content (AvgIpc) is 3.15. The summed E-state index contributed by atoms with van der Waals surface area (Å²) in [7, 11) is 0. The molecule has 0 aliphatic carbocycles. The Morgan fingerprint density at radius 1 is 1.08 bits per heavy atom. The Morgan fingerprint density at radius 3 is 2.46 bits per heavy atom. The minimum absolute atomic E-state index is 0.0480. The highest BCUT2D eigenvalue weighted by molar-refractivity contribution is 5.99. The lowest BCUT2D eigenvalue weighted by molar-refractivity contribution is 0.0792. The van der Waals surface area contributed by atoms with Crippen molar-refractivity contribution in [2.75, 3.05) is 13.1 Å². The highest BCUT2D eigenvalue weighted by Gasteiger charge is 2.20. The maximum Gasteiger partial charge on any atom is 0.255 e. The summed E-state index contributed by atoms with van der Waals surface area (Å²) in [5, 5.41) is 2.87. The van der Waals surface area contributed by atoms with Gasteiger partial charge in [0, 0.05) is 32.0 Å². The van der Waals surface area contributed by atoms with Gasteiger partial charge in [0.2, 0.25) is 0 Å². The minimum atomic E-state index is -0.223. The van der Waals surface area contributed by atoms with Crippen molar-refractivity contribution in [2.24, 2.45) is 0 Å². The van der Waals surface area contributed by atoms with Crippen LogP contribution >= 0.6 is 0 Å². The maximum absolute atomic E-state index is 12.4. The van der Waals surface area contributed by atoms with Gasteiger partial charge in [-0.05, 0) is 31.4 Å². The van der Waals surface area contributed by atoms with Crippen LogP contribution in [0.5, 0.6) is 0 Å². The van der Waals surface area contributed by atoms with Crippen molar-refractivity contribution in [3.8, 4) is 0 Å². The number of aryl methyl sites for hydroxylation is 1. The van der Waals surface area contributed by atoms with Crippen LogP contribution < -0.4 is 5.32 Å². The van der Waals surface area contributed by atoms with Gasteiger partial charge >= 0.3 is 0 Å². The zero-order valence-electron chi connectivity index (χ0n) is 13.8. The van der Waals surface area contributed by atoms with Crippen molar-refractivity contribution in [1.82, 2.24) is 15.2 Å². The number of hydrogen-bond donors (Lipinski definition) is 1. The van der Waals surface area contributed by atoms with Gasteiger partial charge in [0.1, 0.15) is 0 Å². The molecular formula is C19H21N3O2. The first kappa shape index (κ1) is 16.2. The lowest BCUT2D eigenvalue weighted by Gasteiger charge is -2.15. The Hall–Kier alpha value is -2.69. The summed E-state index contributed by atoms with van der Waals surface area (Å²) in [6.07, 6.45) is 5.09. The van der Waals surface area contributed by atoms with Crippen molar-refractivity contribution < 1.29 is 9.59 Å². The molecule has 2 amide bonds. The summed E-state index contributed by atoms with van der Waals surface area (Å²) in [6.45, 7) is 4.03. The van der Waals surface area contributed by atoms with Crippen molar-refractivity contribution in [3.05, 3.63) is 65.0 Å². The van der Waals surface area contributed by atoms with E-state index in [2.05, 4.69) is 10.3 Å². The highest BCUT2D eigenvalue weighted by atomic mass is 16.2. The van der Waals surface area contributed by atoms with E-state index in [1.165, 1.54) is 18.0 Å². The van der Waals surface area contributed by atoms with Crippen LogP contribution in [0.15, 0.2) is 42.7 Å². The molecule has 5 heteroatoms. The molecule has 0 atom stereocenters. The first-order chi connectivity index (χ1) is 11.6. The second-order valence-electron chi connectivity index (χ2n) is 6.13. The van der Waals surface area contributed by atoms with E-state index in [4.69, 9.17) is 0 Å². The van der Waals surface area contributed by atoms with Gasteiger partial charge in [-0.2, -0.15) is 0 Å². The number of hydrogen-bond acceptors (Lipinski definition) is 3. The Labute approximate surface area is 141 Å². The van der Waals surface area contributed by atoms with Crippen molar-refractivity contribution in [1.29, 1.82) is 0 Å². The number of pyridine rings is 1. The van der Waals surface area contributed by atoms with E-state index in [0.717, 1.165) is 31.5 Å². The van der Waals surface area contributed by atoms with Crippen LogP contribution in [0, 0.1) is 6.92 Å². The summed E-state index contributed by atoms with van der Waals surface area (Å²) in [5.41, 5.74) is 3.10. The fourth-order valence-electron chi connectivity index (χ4n) is 2.77. The lowest BCUT2D eigenvalue weighted by atomic mass is 10.1. The summed E-state index contributed by atoms with van der Waals surface area (Å²) >= 11 is 0. The second kappa shape index (κ2) is 7.25. The molecule has 0 saturated carbocycles. The zero-order valence-corrected chi connectivity index (χ0v) is 13.8. The highest BCUT2D eigenvalue weighted by Crippen LogP contribution is 2.13. The number of rotatable bonds is 4. The Bertz CT molecular complexity index is 735. The number of carbonyl (C=O) groups excluding carboxylic acids is 2. The second-order valence-corrected chi connectivity index (χ2v) is 6.13. The molecule has 124 valence electrons. The summed E-state index contributed by atoms with van der Waals surface area (Å²) < 4.78 is 0. The predicted molar refractivity (Wildman–Crippen MR) is 91.7 cm³/mol. The van der Waals surface area contributed by atoms with Crippen LogP contribution in [0.4, 0.5) is 0 Å². The molecule has 1 aliphatic heterocycles. The third-order valence-electron chi connectivity index (χ3n) is 4.21. The molecule has 1 saturated heterocycles. The van der Waals surface area contributed by atoms with Crippen molar-refractivity contribution in [2.45, 2.75) is 26.3 Å². The van der Waals surface area contributed by atoms with Crippen LogP contribution in [0.2, 0.25) is 0 Å². The summed E-state index contributed by atoms with van der Waals surface area (Å²) in [4.78, 5) is 30.6. The molecule has 1 aliphatic rings. The zero-order chi connectivity index (χ0) is 16.9. The van der Waals surface area contributed by atoms with Gasteiger partial charge in [-0.1, -0.05) is 29.8 Å². The quantitative estimate of drug-likeness (QED) is 0.940. The largest absolute Gasteiger partial charge is 0.348 e. The number of amides is 2. The summed E-state index contributed by atoms with van der Waals surface area (Å²) in [6, 6.07) is 9.62. The Kier molecular flexibility index (Phi) is 4.89. The van der Waals surface area contributed by atoms with Gasteiger partial charge in [-0.15, -0.1) is 0 Å². The number of nitrogens with zero attached hydrogens (tertiary/aromatic N) is 2. The van der Waals surface area contributed by atoms with E-state index in [-0.39, 0.29) is 11.8 Å². The van der Waals surface area contributed by atoms with E-state index in [9.17, 15) is 9.59 Å². The van der Waals surface area contributed by atoms with E-state index < -0.39 is 0 Å². The SMILES string of the molecule is Cc1ccc(CNC(=O)c2cncc(C(=O)N3CCCC3)c2)cc1. The number of nitrogens with one attached hydrogen (secondary N) is 1. The third kappa shape index (κ3) is 3.79. The maximum atomic E-state index is 12.4. The van der Waals surface area contributed by atoms with E-state index in [1.54, 1.807) is 6.07 Å². The monoisotopic (exact) mass is 323 g/mol. The van der Waals surface area contributed by atoms with Crippen LogP contribution in [-0.4, -0.2) is 34.8 Å². The topological polar surface area (TPSA) is 62.3 Å². The molecule has 1 fully saturated rings. The molecule has 3 rings (SSSR count). The predicted octanol–water partition coefficient (Wildman–Crippen LogP) is 2.56. The number of carbonyl (C=O) groups is 2. The molecule has 24 heavy (non-hydrogen) atoms. The van der Waals surface area contributed by atoms with E-state index in [1.807, 2.05) is 36.1 Å². The number of benzene rings is 1.